The number of anilines is 1. The Kier molecular flexibility index (Phi) is 3.01. The number of nitrogen functional groups attached to an aromatic ring is 1. The Bertz CT molecular complexity index is 496. The summed E-state index contributed by atoms with van der Waals surface area (Å²) < 4.78 is 7.26. The first-order chi connectivity index (χ1) is 7.66. The zero-order chi connectivity index (χ0) is 11.5. The van der Waals surface area contributed by atoms with Crippen molar-refractivity contribution in [2.75, 3.05) is 5.73 Å². The number of benzene rings is 1. The van der Waals surface area contributed by atoms with Gasteiger partial charge in [0, 0.05) is 13.1 Å². The van der Waals surface area contributed by atoms with E-state index in [2.05, 4.69) is 5.10 Å². The molecule has 0 atom stereocenters. The van der Waals surface area contributed by atoms with Crippen LogP contribution >= 0.6 is 11.6 Å². The summed E-state index contributed by atoms with van der Waals surface area (Å²) in [6.45, 7) is 0.393. The summed E-state index contributed by atoms with van der Waals surface area (Å²) in [5.41, 5.74) is 6.47. The lowest BCUT2D eigenvalue weighted by molar-refractivity contribution is 0.295. The standard InChI is InChI=1S/C11H12ClN3O/c1-15-8(6-11(13)14-15)7-16-10-5-3-2-4-9(10)12/h2-6H,7H2,1H3,(H2,13,14). The molecule has 0 unspecified atom stereocenters. The van der Waals surface area contributed by atoms with Crippen LogP contribution in [0.25, 0.3) is 0 Å². The van der Waals surface area contributed by atoms with Crippen molar-refractivity contribution < 1.29 is 4.74 Å². The van der Waals surface area contributed by atoms with Gasteiger partial charge in [0.2, 0.25) is 0 Å². The molecule has 4 nitrogen and oxygen atoms in total. The molecule has 0 spiro atoms. The van der Waals surface area contributed by atoms with Gasteiger partial charge in [0.1, 0.15) is 18.2 Å². The van der Waals surface area contributed by atoms with Crippen LogP contribution in [0.2, 0.25) is 5.02 Å². The monoisotopic (exact) mass is 237 g/mol. The van der Waals surface area contributed by atoms with Crippen LogP contribution in [-0.4, -0.2) is 9.78 Å². The summed E-state index contributed by atoms with van der Waals surface area (Å²) in [6, 6.07) is 9.11. The van der Waals surface area contributed by atoms with Gasteiger partial charge in [-0.2, -0.15) is 5.10 Å². The second-order valence-electron chi connectivity index (χ2n) is 3.40. The number of aryl methyl sites for hydroxylation is 1. The zero-order valence-electron chi connectivity index (χ0n) is 8.85. The Morgan fingerprint density at radius 2 is 2.19 bits per heavy atom. The van der Waals surface area contributed by atoms with Crippen molar-refractivity contribution in [3.05, 3.63) is 41.0 Å². The first-order valence-electron chi connectivity index (χ1n) is 4.82. The highest BCUT2D eigenvalue weighted by atomic mass is 35.5. The van der Waals surface area contributed by atoms with Gasteiger partial charge < -0.3 is 10.5 Å². The SMILES string of the molecule is Cn1nc(N)cc1COc1ccccc1Cl. The van der Waals surface area contributed by atoms with Gasteiger partial charge in [-0.15, -0.1) is 0 Å². The fourth-order valence-electron chi connectivity index (χ4n) is 1.38. The van der Waals surface area contributed by atoms with E-state index in [4.69, 9.17) is 22.1 Å². The fourth-order valence-corrected chi connectivity index (χ4v) is 1.57. The first kappa shape index (κ1) is 10.8. The molecule has 2 rings (SSSR count). The maximum Gasteiger partial charge on any atom is 0.145 e. The minimum absolute atomic E-state index is 0.393. The molecule has 0 aliphatic heterocycles. The van der Waals surface area contributed by atoms with Gasteiger partial charge in [-0.3, -0.25) is 4.68 Å². The van der Waals surface area contributed by atoms with Crippen molar-refractivity contribution in [3.8, 4) is 5.75 Å². The third kappa shape index (κ3) is 2.28. The molecule has 0 saturated heterocycles. The topological polar surface area (TPSA) is 53.1 Å². The molecular formula is C11H12ClN3O. The van der Waals surface area contributed by atoms with Crippen molar-refractivity contribution >= 4 is 17.4 Å². The Morgan fingerprint density at radius 3 is 2.81 bits per heavy atom. The van der Waals surface area contributed by atoms with Crippen LogP contribution in [0, 0.1) is 0 Å². The second kappa shape index (κ2) is 4.45. The average Bonchev–Trinajstić information content (AvgIpc) is 2.56. The number of aromatic nitrogens is 2. The van der Waals surface area contributed by atoms with Gasteiger partial charge in [-0.05, 0) is 12.1 Å². The van der Waals surface area contributed by atoms with Gasteiger partial charge in [-0.1, -0.05) is 23.7 Å². The van der Waals surface area contributed by atoms with E-state index in [1.165, 1.54) is 0 Å². The van der Waals surface area contributed by atoms with Crippen LogP contribution in [0.1, 0.15) is 5.69 Å². The molecular weight excluding hydrogens is 226 g/mol. The van der Waals surface area contributed by atoms with Crippen molar-refractivity contribution in [2.45, 2.75) is 6.61 Å². The van der Waals surface area contributed by atoms with Crippen molar-refractivity contribution in [1.82, 2.24) is 9.78 Å². The predicted octanol–water partition coefficient (Wildman–Crippen LogP) is 2.23. The van der Waals surface area contributed by atoms with E-state index in [1.807, 2.05) is 25.2 Å². The third-order valence-corrected chi connectivity index (χ3v) is 2.52. The highest BCUT2D eigenvalue weighted by Crippen LogP contribution is 2.24. The van der Waals surface area contributed by atoms with Gasteiger partial charge in [0.05, 0.1) is 10.7 Å². The molecule has 0 fully saturated rings. The minimum atomic E-state index is 0.393. The number of hydrogen-bond donors (Lipinski definition) is 1. The van der Waals surface area contributed by atoms with E-state index in [1.54, 1.807) is 16.8 Å². The number of para-hydroxylation sites is 1. The van der Waals surface area contributed by atoms with Crippen LogP contribution in [0.5, 0.6) is 5.75 Å². The summed E-state index contributed by atoms with van der Waals surface area (Å²) in [4.78, 5) is 0. The lowest BCUT2D eigenvalue weighted by Crippen LogP contribution is -2.03. The highest BCUT2D eigenvalue weighted by molar-refractivity contribution is 6.32. The van der Waals surface area contributed by atoms with Crippen LogP contribution in [0.15, 0.2) is 30.3 Å². The van der Waals surface area contributed by atoms with Crippen LogP contribution < -0.4 is 10.5 Å². The number of nitrogens with two attached hydrogens (primary N) is 1. The van der Waals surface area contributed by atoms with Crippen molar-refractivity contribution in [3.63, 3.8) is 0 Å². The van der Waals surface area contributed by atoms with E-state index >= 15 is 0 Å². The fraction of sp³-hybridized carbons (Fsp3) is 0.182. The minimum Gasteiger partial charge on any atom is -0.486 e. The summed E-state index contributed by atoms with van der Waals surface area (Å²) >= 11 is 5.96. The quantitative estimate of drug-likeness (QED) is 0.891. The van der Waals surface area contributed by atoms with Crippen LogP contribution in [0.4, 0.5) is 5.82 Å². The predicted molar refractivity (Wildman–Crippen MR) is 63.4 cm³/mol. The summed E-state index contributed by atoms with van der Waals surface area (Å²) in [5, 5.41) is 4.62. The van der Waals surface area contributed by atoms with Crippen molar-refractivity contribution in [1.29, 1.82) is 0 Å². The van der Waals surface area contributed by atoms with Gasteiger partial charge in [0.25, 0.3) is 0 Å². The molecule has 1 aromatic heterocycles. The molecule has 1 heterocycles. The molecule has 84 valence electrons. The lowest BCUT2D eigenvalue weighted by atomic mass is 10.3. The molecule has 1 aromatic carbocycles. The number of nitrogens with zero attached hydrogens (tertiary/aromatic N) is 2. The van der Waals surface area contributed by atoms with E-state index < -0.39 is 0 Å². The van der Waals surface area contributed by atoms with Crippen molar-refractivity contribution in [2.24, 2.45) is 7.05 Å². The maximum atomic E-state index is 5.96. The normalized spacial score (nSPS) is 10.4. The second-order valence-corrected chi connectivity index (χ2v) is 3.81. The Hall–Kier alpha value is -1.68. The molecule has 0 amide bonds. The Balaban J connectivity index is 2.08. The number of halogens is 1. The lowest BCUT2D eigenvalue weighted by Gasteiger charge is -2.07. The number of rotatable bonds is 3. The zero-order valence-corrected chi connectivity index (χ0v) is 9.61. The number of ether oxygens (including phenoxy) is 1. The highest BCUT2D eigenvalue weighted by Gasteiger charge is 2.05. The molecule has 0 aliphatic rings. The summed E-state index contributed by atoms with van der Waals surface area (Å²) in [5.74, 6) is 1.14. The summed E-state index contributed by atoms with van der Waals surface area (Å²) in [6.07, 6.45) is 0. The van der Waals surface area contributed by atoms with E-state index in [0.717, 1.165) is 5.69 Å². The molecule has 0 bridgehead atoms. The molecule has 0 radical (unpaired) electrons. The third-order valence-electron chi connectivity index (χ3n) is 2.21. The van der Waals surface area contributed by atoms with E-state index in [-0.39, 0.29) is 0 Å². The Labute approximate surface area is 98.6 Å². The first-order valence-corrected chi connectivity index (χ1v) is 5.20. The summed E-state index contributed by atoms with van der Waals surface area (Å²) in [7, 11) is 1.82. The van der Waals surface area contributed by atoms with Gasteiger partial charge >= 0.3 is 0 Å². The largest absolute Gasteiger partial charge is 0.486 e. The molecule has 5 heteroatoms. The van der Waals surface area contributed by atoms with E-state index in [9.17, 15) is 0 Å². The van der Waals surface area contributed by atoms with Gasteiger partial charge in [0.15, 0.2) is 0 Å². The van der Waals surface area contributed by atoms with Crippen LogP contribution in [-0.2, 0) is 13.7 Å². The average molecular weight is 238 g/mol. The number of hydrogen-bond acceptors (Lipinski definition) is 3. The maximum absolute atomic E-state index is 5.96. The molecule has 2 aromatic rings. The molecule has 2 N–H and O–H groups in total. The molecule has 0 saturated carbocycles. The van der Waals surface area contributed by atoms with Crippen LogP contribution in [0.3, 0.4) is 0 Å². The molecule has 0 aliphatic carbocycles. The van der Waals surface area contributed by atoms with E-state index in [0.29, 0.717) is 23.2 Å². The molecule has 16 heavy (non-hydrogen) atoms. The smallest absolute Gasteiger partial charge is 0.145 e. The van der Waals surface area contributed by atoms with Gasteiger partial charge in [-0.25, -0.2) is 0 Å². The Morgan fingerprint density at radius 1 is 1.44 bits per heavy atom.